The average Bonchev–Trinajstić information content (AvgIpc) is 2.96. The van der Waals surface area contributed by atoms with Gasteiger partial charge in [-0.15, -0.1) is 0 Å². The number of nitrogens with zero attached hydrogens (tertiary/aromatic N) is 3. The molecule has 1 aromatic carbocycles. The zero-order chi connectivity index (χ0) is 20.0. The number of aromatic nitrogens is 3. The Morgan fingerprint density at radius 2 is 1.96 bits per heavy atom. The van der Waals surface area contributed by atoms with Crippen molar-refractivity contribution in [3.63, 3.8) is 0 Å². The number of primary amides is 1. The van der Waals surface area contributed by atoms with Gasteiger partial charge in [0.1, 0.15) is 5.15 Å². The summed E-state index contributed by atoms with van der Waals surface area (Å²) in [5.41, 5.74) is 4.85. The predicted molar refractivity (Wildman–Crippen MR) is 95.1 cm³/mol. The summed E-state index contributed by atoms with van der Waals surface area (Å²) >= 11 is 5.84. The lowest BCUT2D eigenvalue weighted by Crippen LogP contribution is -2.34. The van der Waals surface area contributed by atoms with Crippen molar-refractivity contribution in [3.8, 4) is 11.3 Å². The minimum absolute atomic E-state index is 0.0167. The van der Waals surface area contributed by atoms with Gasteiger partial charge in [-0.2, -0.15) is 13.2 Å². The Morgan fingerprint density at radius 3 is 2.59 bits per heavy atom. The maximum absolute atomic E-state index is 13.4. The highest BCUT2D eigenvalue weighted by atomic mass is 35.5. The number of amides is 1. The Kier molecular flexibility index (Phi) is 4.63. The van der Waals surface area contributed by atoms with Crippen LogP contribution in [-0.4, -0.2) is 20.3 Å². The molecule has 0 bridgehead atoms. The molecule has 27 heavy (non-hydrogen) atoms. The van der Waals surface area contributed by atoms with Crippen LogP contribution in [0, 0.1) is 5.41 Å². The molecule has 0 aliphatic rings. The molecule has 2 N–H and O–H groups in total. The fourth-order valence-electron chi connectivity index (χ4n) is 2.75. The predicted octanol–water partition coefficient (Wildman–Crippen LogP) is 4.12. The Morgan fingerprint density at radius 1 is 1.26 bits per heavy atom. The minimum Gasteiger partial charge on any atom is -0.369 e. The van der Waals surface area contributed by atoms with Crippen molar-refractivity contribution < 1.29 is 18.0 Å². The van der Waals surface area contributed by atoms with E-state index in [1.54, 1.807) is 16.8 Å². The van der Waals surface area contributed by atoms with Gasteiger partial charge in [0.25, 0.3) is 0 Å². The first-order valence-corrected chi connectivity index (χ1v) is 8.36. The van der Waals surface area contributed by atoms with Gasteiger partial charge in [0.05, 0.1) is 17.5 Å². The second-order valence-corrected chi connectivity index (χ2v) is 7.28. The molecule has 1 amide bonds. The molecule has 3 aromatic rings. The molecule has 0 aliphatic carbocycles. The van der Waals surface area contributed by atoms with Crippen molar-refractivity contribution in [1.29, 1.82) is 0 Å². The number of alkyl halides is 3. The summed E-state index contributed by atoms with van der Waals surface area (Å²) in [4.78, 5) is 19.9. The lowest BCUT2D eigenvalue weighted by atomic mass is 9.83. The number of hydrogen-bond donors (Lipinski definition) is 1. The molecule has 9 heteroatoms. The highest BCUT2D eigenvalue weighted by molar-refractivity contribution is 6.29. The van der Waals surface area contributed by atoms with E-state index < -0.39 is 23.1 Å². The summed E-state index contributed by atoms with van der Waals surface area (Å²) in [6, 6.07) is 3.74. The molecule has 2 heterocycles. The van der Waals surface area contributed by atoms with E-state index in [1.165, 1.54) is 32.2 Å². The van der Waals surface area contributed by atoms with Crippen molar-refractivity contribution in [2.75, 3.05) is 0 Å². The van der Waals surface area contributed by atoms with E-state index in [2.05, 4.69) is 9.97 Å². The van der Waals surface area contributed by atoms with Gasteiger partial charge in [0.2, 0.25) is 5.91 Å². The van der Waals surface area contributed by atoms with E-state index in [9.17, 15) is 18.0 Å². The molecule has 0 aliphatic heterocycles. The number of imidazole rings is 1. The summed E-state index contributed by atoms with van der Waals surface area (Å²) in [7, 11) is 0. The summed E-state index contributed by atoms with van der Waals surface area (Å²) in [6.07, 6.45) is -0.0279. The normalized spacial score (nSPS) is 12.5. The minimum atomic E-state index is -4.54. The molecule has 5 nitrogen and oxygen atoms in total. The summed E-state index contributed by atoms with van der Waals surface area (Å²) in [6.45, 7) is 3.03. The topological polar surface area (TPSA) is 73.3 Å². The summed E-state index contributed by atoms with van der Waals surface area (Å²) in [5, 5.41) is 0.266. The average molecular weight is 397 g/mol. The van der Waals surface area contributed by atoms with Crippen LogP contribution in [0.1, 0.15) is 25.0 Å². The number of nitrogens with two attached hydrogens (primary N) is 1. The molecule has 0 atom stereocenters. The van der Waals surface area contributed by atoms with Crippen LogP contribution in [-0.2, 0) is 17.4 Å². The number of halogens is 4. The van der Waals surface area contributed by atoms with Crippen molar-refractivity contribution >= 4 is 23.2 Å². The highest BCUT2D eigenvalue weighted by Gasteiger charge is 2.36. The number of hydrogen-bond acceptors (Lipinski definition) is 3. The second kappa shape index (κ2) is 6.53. The van der Waals surface area contributed by atoms with Gasteiger partial charge >= 0.3 is 6.18 Å². The van der Waals surface area contributed by atoms with Crippen LogP contribution in [0.15, 0.2) is 36.8 Å². The van der Waals surface area contributed by atoms with Crippen LogP contribution < -0.4 is 5.73 Å². The maximum atomic E-state index is 13.4. The maximum Gasteiger partial charge on any atom is 0.416 e. The molecule has 142 valence electrons. The molecule has 0 fully saturated rings. The Balaban J connectivity index is 2.11. The Hall–Kier alpha value is -2.61. The van der Waals surface area contributed by atoms with E-state index in [1.807, 2.05) is 0 Å². The number of rotatable bonds is 4. The summed E-state index contributed by atoms with van der Waals surface area (Å²) < 4.78 is 41.9. The van der Waals surface area contributed by atoms with Gasteiger partial charge in [-0.1, -0.05) is 31.5 Å². The Bertz CT molecular complexity index is 1030. The van der Waals surface area contributed by atoms with Crippen molar-refractivity contribution in [2.24, 2.45) is 11.1 Å². The largest absolute Gasteiger partial charge is 0.416 e. The van der Waals surface area contributed by atoms with Gasteiger partial charge < -0.3 is 10.1 Å². The van der Waals surface area contributed by atoms with E-state index >= 15 is 0 Å². The quantitative estimate of drug-likeness (QED) is 0.720. The van der Waals surface area contributed by atoms with Crippen molar-refractivity contribution in [1.82, 2.24) is 14.4 Å². The third-order valence-corrected chi connectivity index (χ3v) is 4.51. The standard InChI is InChI=1S/C18H16ClF3N4O/c1-17(2,16(23)27)6-11-5-10(3-4-12(11)18(20,21)22)13-8-26-9-14(19)24-7-15(26)25-13/h3-5,7-9H,6H2,1-2H3,(H2,23,27). The van der Waals surface area contributed by atoms with Gasteiger partial charge in [-0.05, 0) is 24.1 Å². The molecule has 0 saturated heterocycles. The zero-order valence-corrected chi connectivity index (χ0v) is 15.3. The molecule has 0 saturated carbocycles. The van der Waals surface area contributed by atoms with Gasteiger partial charge in [0, 0.05) is 23.4 Å². The molecule has 0 spiro atoms. The molecule has 3 rings (SSSR count). The van der Waals surface area contributed by atoms with Crippen LogP contribution in [0.2, 0.25) is 5.15 Å². The lowest BCUT2D eigenvalue weighted by molar-refractivity contribution is -0.139. The van der Waals surface area contributed by atoms with Gasteiger partial charge in [-0.25, -0.2) is 9.97 Å². The number of carbonyl (C=O) groups is 1. The van der Waals surface area contributed by atoms with E-state index in [0.717, 1.165) is 6.07 Å². The Labute approximate surface area is 158 Å². The van der Waals surface area contributed by atoms with E-state index in [-0.39, 0.29) is 17.1 Å². The first-order valence-electron chi connectivity index (χ1n) is 7.98. The first-order chi connectivity index (χ1) is 12.5. The molecule has 0 radical (unpaired) electrons. The third-order valence-electron chi connectivity index (χ3n) is 4.32. The number of carbonyl (C=O) groups excluding carboxylic acids is 1. The lowest BCUT2D eigenvalue weighted by Gasteiger charge is -2.23. The first kappa shape index (κ1) is 19.2. The van der Waals surface area contributed by atoms with Crippen LogP contribution in [0.25, 0.3) is 16.9 Å². The van der Waals surface area contributed by atoms with E-state index in [4.69, 9.17) is 17.3 Å². The van der Waals surface area contributed by atoms with Gasteiger partial charge in [0.15, 0.2) is 5.65 Å². The molecule has 0 unspecified atom stereocenters. The van der Waals surface area contributed by atoms with E-state index in [0.29, 0.717) is 16.9 Å². The zero-order valence-electron chi connectivity index (χ0n) is 14.5. The summed E-state index contributed by atoms with van der Waals surface area (Å²) in [5.74, 6) is -0.672. The SMILES string of the molecule is CC(C)(Cc1cc(-c2cn3cc(Cl)ncc3n2)ccc1C(F)(F)F)C(N)=O. The number of benzene rings is 1. The second-order valence-electron chi connectivity index (χ2n) is 6.90. The molecular weight excluding hydrogens is 381 g/mol. The van der Waals surface area contributed by atoms with Crippen LogP contribution >= 0.6 is 11.6 Å². The number of fused-ring (bicyclic) bond motifs is 1. The van der Waals surface area contributed by atoms with Crippen LogP contribution in [0.5, 0.6) is 0 Å². The van der Waals surface area contributed by atoms with Crippen LogP contribution in [0.4, 0.5) is 13.2 Å². The van der Waals surface area contributed by atoms with Gasteiger partial charge in [-0.3, -0.25) is 4.79 Å². The fraction of sp³-hybridized carbons (Fsp3) is 0.278. The van der Waals surface area contributed by atoms with Crippen LogP contribution in [0.3, 0.4) is 0 Å². The van der Waals surface area contributed by atoms with Crippen molar-refractivity contribution in [2.45, 2.75) is 26.4 Å². The molecule has 2 aromatic heterocycles. The monoisotopic (exact) mass is 396 g/mol. The molecular formula is C18H16ClF3N4O. The smallest absolute Gasteiger partial charge is 0.369 e. The third kappa shape index (κ3) is 3.90. The highest BCUT2D eigenvalue weighted by Crippen LogP contribution is 2.37. The fourth-order valence-corrected chi connectivity index (χ4v) is 2.91. The van der Waals surface area contributed by atoms with Crippen molar-refractivity contribution in [3.05, 3.63) is 53.1 Å².